The molecule has 1 aliphatic rings. The van der Waals surface area contributed by atoms with E-state index >= 15 is 0 Å². The van der Waals surface area contributed by atoms with Crippen molar-refractivity contribution in [2.24, 2.45) is 4.99 Å². The first-order chi connectivity index (χ1) is 14.7. The number of ether oxygens (including phenoxy) is 3. The summed E-state index contributed by atoms with van der Waals surface area (Å²) in [6.45, 7) is 7.38. The Labute approximate surface area is 183 Å². The molecule has 2 heterocycles. The predicted octanol–water partition coefficient (Wildman–Crippen LogP) is 2.89. The molecule has 2 aromatic rings. The van der Waals surface area contributed by atoms with Crippen molar-refractivity contribution in [1.29, 1.82) is 0 Å². The van der Waals surface area contributed by atoms with E-state index in [1.54, 1.807) is 26.2 Å². The Morgan fingerprint density at radius 3 is 2.57 bits per heavy atom. The number of guanidine groups is 1. The van der Waals surface area contributed by atoms with E-state index in [2.05, 4.69) is 33.9 Å². The van der Waals surface area contributed by atoms with Gasteiger partial charge in [0.25, 0.3) is 0 Å². The lowest BCUT2D eigenvalue weighted by atomic mass is 10.1. The van der Waals surface area contributed by atoms with Crippen LogP contribution in [0.4, 0.5) is 0 Å². The fraction of sp³-hybridized carbons (Fsp3) is 0.500. The Bertz CT molecular complexity index is 828. The van der Waals surface area contributed by atoms with Gasteiger partial charge in [-0.25, -0.2) is 4.99 Å². The molecule has 0 saturated carbocycles. The van der Waals surface area contributed by atoms with Crippen LogP contribution in [0.25, 0.3) is 0 Å². The van der Waals surface area contributed by atoms with Crippen LogP contribution in [0.2, 0.25) is 0 Å². The maximum absolute atomic E-state index is 5.44. The van der Waals surface area contributed by atoms with E-state index in [0.717, 1.165) is 50.7 Å². The van der Waals surface area contributed by atoms with Gasteiger partial charge in [0.15, 0.2) is 17.5 Å². The van der Waals surface area contributed by atoms with Gasteiger partial charge in [-0.3, -0.25) is 4.90 Å². The van der Waals surface area contributed by atoms with Crippen LogP contribution >= 0.6 is 11.3 Å². The zero-order valence-corrected chi connectivity index (χ0v) is 19.1. The number of hydrogen-bond acceptors (Lipinski definition) is 6. The van der Waals surface area contributed by atoms with Crippen molar-refractivity contribution in [3.8, 4) is 17.2 Å². The van der Waals surface area contributed by atoms with E-state index in [0.29, 0.717) is 23.8 Å². The fourth-order valence-corrected chi connectivity index (χ4v) is 4.46. The highest BCUT2D eigenvalue weighted by atomic mass is 32.1. The zero-order chi connectivity index (χ0) is 21.3. The number of nitrogens with one attached hydrogen (secondary N) is 2. The summed E-state index contributed by atoms with van der Waals surface area (Å²) in [6.07, 6.45) is 1.16. The third-order valence-corrected chi connectivity index (χ3v) is 6.12. The lowest BCUT2D eigenvalue weighted by molar-refractivity contribution is 0.260. The molecule has 1 aromatic heterocycles. The van der Waals surface area contributed by atoms with Gasteiger partial charge in [0.2, 0.25) is 5.75 Å². The number of thiophene rings is 1. The van der Waals surface area contributed by atoms with Crippen LogP contribution < -0.4 is 24.8 Å². The third kappa shape index (κ3) is 5.58. The largest absolute Gasteiger partial charge is 0.493 e. The number of nitrogens with zero attached hydrogens (tertiary/aromatic N) is 2. The van der Waals surface area contributed by atoms with Gasteiger partial charge in [-0.05, 0) is 48.1 Å². The zero-order valence-electron chi connectivity index (χ0n) is 18.3. The predicted molar refractivity (Wildman–Crippen MR) is 122 cm³/mol. The Morgan fingerprint density at radius 2 is 1.90 bits per heavy atom. The summed E-state index contributed by atoms with van der Waals surface area (Å²) < 4.78 is 16.3. The quantitative estimate of drug-likeness (QED) is 0.469. The summed E-state index contributed by atoms with van der Waals surface area (Å²) in [4.78, 5) is 8.76. The molecular formula is C22H32N4O3S. The molecule has 3 rings (SSSR count). The monoisotopic (exact) mass is 432 g/mol. The van der Waals surface area contributed by atoms with Gasteiger partial charge in [-0.1, -0.05) is 0 Å². The normalized spacial score (nSPS) is 14.2. The first kappa shape index (κ1) is 22.2. The highest BCUT2D eigenvalue weighted by Gasteiger charge is 2.17. The van der Waals surface area contributed by atoms with Crippen molar-refractivity contribution in [2.75, 3.05) is 47.5 Å². The summed E-state index contributed by atoms with van der Waals surface area (Å²) in [5.41, 5.74) is 2.47. The van der Waals surface area contributed by atoms with Crippen molar-refractivity contribution in [2.45, 2.75) is 26.4 Å². The Morgan fingerprint density at radius 1 is 1.13 bits per heavy atom. The van der Waals surface area contributed by atoms with Crippen molar-refractivity contribution >= 4 is 17.3 Å². The van der Waals surface area contributed by atoms with Crippen molar-refractivity contribution < 1.29 is 14.2 Å². The molecule has 0 saturated heterocycles. The van der Waals surface area contributed by atoms with Gasteiger partial charge in [-0.2, -0.15) is 0 Å². The summed E-state index contributed by atoms with van der Waals surface area (Å²) >= 11 is 1.88. The summed E-state index contributed by atoms with van der Waals surface area (Å²) in [5.74, 6) is 2.67. The molecule has 0 spiro atoms. The lowest BCUT2D eigenvalue weighted by Gasteiger charge is -2.27. The van der Waals surface area contributed by atoms with Gasteiger partial charge >= 0.3 is 0 Å². The van der Waals surface area contributed by atoms with Crippen LogP contribution in [0.15, 0.2) is 28.6 Å². The minimum atomic E-state index is 0.508. The molecule has 0 bridgehead atoms. The molecule has 0 amide bonds. The van der Waals surface area contributed by atoms with Gasteiger partial charge in [0, 0.05) is 37.6 Å². The molecule has 0 radical (unpaired) electrons. The van der Waals surface area contributed by atoms with Gasteiger partial charge in [0.05, 0.1) is 27.9 Å². The minimum Gasteiger partial charge on any atom is -0.493 e. The van der Waals surface area contributed by atoms with E-state index in [1.165, 1.54) is 5.56 Å². The first-order valence-corrected chi connectivity index (χ1v) is 11.1. The first-order valence-electron chi connectivity index (χ1n) is 10.3. The molecule has 0 unspecified atom stereocenters. The Balaban J connectivity index is 1.58. The molecule has 7 nitrogen and oxygen atoms in total. The number of aliphatic imine (C=N–C) groups is 1. The molecular weight excluding hydrogens is 400 g/mol. The smallest absolute Gasteiger partial charge is 0.203 e. The second-order valence-corrected chi connectivity index (χ2v) is 8.05. The molecule has 164 valence electrons. The number of methoxy groups -OCH3 is 3. The lowest BCUT2D eigenvalue weighted by Crippen LogP contribution is -2.42. The number of rotatable bonds is 9. The minimum absolute atomic E-state index is 0.508. The number of benzene rings is 1. The van der Waals surface area contributed by atoms with E-state index < -0.39 is 0 Å². The van der Waals surface area contributed by atoms with Crippen LogP contribution in [0, 0.1) is 0 Å². The topological polar surface area (TPSA) is 67.4 Å². The van der Waals surface area contributed by atoms with Gasteiger partial charge in [-0.15, -0.1) is 11.3 Å². The molecule has 0 atom stereocenters. The fourth-order valence-electron chi connectivity index (χ4n) is 3.57. The SMILES string of the molecule is CCNC(=NCc1cc(OC)c(OC)c(OC)c1)NCCN1CCc2sccc2C1. The molecule has 1 aromatic carbocycles. The van der Waals surface area contributed by atoms with Crippen LogP contribution in [-0.2, 0) is 19.5 Å². The van der Waals surface area contributed by atoms with Crippen LogP contribution in [0.3, 0.4) is 0 Å². The Hall–Kier alpha value is -2.45. The molecule has 8 heteroatoms. The highest BCUT2D eigenvalue weighted by molar-refractivity contribution is 7.10. The summed E-state index contributed by atoms with van der Waals surface area (Å²) in [5, 5.41) is 8.97. The van der Waals surface area contributed by atoms with Gasteiger partial charge in [0.1, 0.15) is 0 Å². The molecule has 1 aliphatic heterocycles. The highest BCUT2D eigenvalue weighted by Crippen LogP contribution is 2.38. The average Bonchev–Trinajstić information content (AvgIpc) is 3.24. The molecule has 0 fully saturated rings. The molecule has 2 N–H and O–H groups in total. The van der Waals surface area contributed by atoms with E-state index in [1.807, 2.05) is 23.5 Å². The second kappa shape index (κ2) is 11.1. The third-order valence-electron chi connectivity index (χ3n) is 5.10. The second-order valence-electron chi connectivity index (χ2n) is 7.05. The van der Waals surface area contributed by atoms with Crippen molar-refractivity contribution in [3.63, 3.8) is 0 Å². The van der Waals surface area contributed by atoms with Crippen molar-refractivity contribution in [1.82, 2.24) is 15.5 Å². The van der Waals surface area contributed by atoms with Gasteiger partial charge < -0.3 is 24.8 Å². The maximum Gasteiger partial charge on any atom is 0.203 e. The van der Waals surface area contributed by atoms with Crippen LogP contribution in [-0.4, -0.2) is 58.4 Å². The van der Waals surface area contributed by atoms with E-state index in [4.69, 9.17) is 19.2 Å². The van der Waals surface area contributed by atoms with Crippen LogP contribution in [0.1, 0.15) is 22.9 Å². The number of fused-ring (bicyclic) bond motifs is 1. The summed E-state index contributed by atoms with van der Waals surface area (Å²) in [7, 11) is 4.85. The Kier molecular flexibility index (Phi) is 8.21. The summed E-state index contributed by atoms with van der Waals surface area (Å²) in [6, 6.07) is 6.11. The van der Waals surface area contributed by atoms with E-state index in [9.17, 15) is 0 Å². The molecule has 30 heavy (non-hydrogen) atoms. The maximum atomic E-state index is 5.44. The average molecular weight is 433 g/mol. The number of hydrogen-bond donors (Lipinski definition) is 2. The standard InChI is InChI=1S/C22H32N4O3S/c1-5-23-22(24-8-10-26-9-6-20-17(15-26)7-11-30-20)25-14-16-12-18(27-2)21(29-4)19(13-16)28-3/h7,11-13H,5-6,8-10,14-15H2,1-4H3,(H2,23,24,25). The van der Waals surface area contributed by atoms with Crippen molar-refractivity contribution in [3.05, 3.63) is 39.6 Å². The van der Waals surface area contributed by atoms with Crippen LogP contribution in [0.5, 0.6) is 17.2 Å². The molecule has 0 aliphatic carbocycles. The van der Waals surface area contributed by atoms with E-state index in [-0.39, 0.29) is 0 Å².